The van der Waals surface area contributed by atoms with Gasteiger partial charge in [0.15, 0.2) is 0 Å². The van der Waals surface area contributed by atoms with E-state index < -0.39 is 0 Å². The van der Waals surface area contributed by atoms with Crippen LogP contribution in [0.25, 0.3) is 10.8 Å². The number of likely N-dealkylation sites (tertiary alicyclic amines) is 1. The number of nitrogens with two attached hydrogens (primary N) is 1. The lowest BCUT2D eigenvalue weighted by molar-refractivity contribution is 0.232. The van der Waals surface area contributed by atoms with Crippen molar-refractivity contribution in [3.63, 3.8) is 0 Å². The van der Waals surface area contributed by atoms with E-state index >= 15 is 0 Å². The Morgan fingerprint density at radius 3 is 2.57 bits per heavy atom. The molecule has 0 aromatic heterocycles. The zero-order valence-electron chi connectivity index (χ0n) is 13.1. The quantitative estimate of drug-likeness (QED) is 0.923. The summed E-state index contributed by atoms with van der Waals surface area (Å²) in [5, 5.41) is 2.62. The van der Waals surface area contributed by atoms with Crippen molar-refractivity contribution >= 4 is 10.8 Å². The predicted molar refractivity (Wildman–Crippen MR) is 90.3 cm³/mol. The molecule has 0 saturated carbocycles. The van der Waals surface area contributed by atoms with Crippen LogP contribution in [0.3, 0.4) is 0 Å². The van der Waals surface area contributed by atoms with Gasteiger partial charge in [-0.2, -0.15) is 0 Å². The van der Waals surface area contributed by atoms with Crippen LogP contribution in [0.4, 0.5) is 0 Å². The Morgan fingerprint density at radius 2 is 1.90 bits per heavy atom. The third kappa shape index (κ3) is 2.97. The molecule has 1 aliphatic rings. The normalized spacial score (nSPS) is 21.2. The molecule has 0 aliphatic carbocycles. The molecule has 0 amide bonds. The van der Waals surface area contributed by atoms with E-state index in [0.717, 1.165) is 11.8 Å². The first-order chi connectivity index (χ1) is 10.2. The van der Waals surface area contributed by atoms with Crippen molar-refractivity contribution in [1.29, 1.82) is 0 Å². The Bertz CT molecular complexity index is 605. The van der Waals surface area contributed by atoms with Crippen molar-refractivity contribution in [2.24, 2.45) is 17.6 Å². The van der Waals surface area contributed by atoms with Gasteiger partial charge in [0.25, 0.3) is 0 Å². The fourth-order valence-electron chi connectivity index (χ4n) is 3.55. The van der Waals surface area contributed by atoms with Gasteiger partial charge in [0.05, 0.1) is 0 Å². The van der Waals surface area contributed by atoms with Crippen LogP contribution in [-0.4, -0.2) is 24.5 Å². The number of benzene rings is 2. The first-order valence-corrected chi connectivity index (χ1v) is 8.12. The van der Waals surface area contributed by atoms with E-state index in [9.17, 15) is 0 Å². The predicted octanol–water partition coefficient (Wildman–Crippen LogP) is 3.82. The average Bonchev–Trinajstić information content (AvgIpc) is 2.98. The third-order valence-electron chi connectivity index (χ3n) is 5.02. The van der Waals surface area contributed by atoms with Gasteiger partial charge in [0.1, 0.15) is 0 Å². The lowest BCUT2D eigenvalue weighted by Crippen LogP contribution is -2.32. The van der Waals surface area contributed by atoms with Gasteiger partial charge >= 0.3 is 0 Å². The molecular formula is C19H26N2. The van der Waals surface area contributed by atoms with Gasteiger partial charge in [-0.15, -0.1) is 0 Å². The van der Waals surface area contributed by atoms with E-state index in [-0.39, 0.29) is 0 Å². The lowest BCUT2D eigenvalue weighted by Gasteiger charge is -2.28. The molecule has 2 aromatic carbocycles. The van der Waals surface area contributed by atoms with Gasteiger partial charge in [-0.25, -0.2) is 0 Å². The van der Waals surface area contributed by atoms with E-state index in [1.165, 1.54) is 35.8 Å². The fourth-order valence-corrected chi connectivity index (χ4v) is 3.55. The smallest absolute Gasteiger partial charge is 0.0470 e. The van der Waals surface area contributed by atoms with E-state index in [1.54, 1.807) is 0 Å². The summed E-state index contributed by atoms with van der Waals surface area (Å²) >= 11 is 0. The molecule has 2 nitrogen and oxygen atoms in total. The number of fused-ring (bicyclic) bond motifs is 1. The van der Waals surface area contributed by atoms with Crippen LogP contribution < -0.4 is 5.73 Å². The topological polar surface area (TPSA) is 29.3 Å². The molecule has 1 aliphatic heterocycles. The Morgan fingerprint density at radius 1 is 1.14 bits per heavy atom. The highest BCUT2D eigenvalue weighted by Crippen LogP contribution is 2.31. The highest BCUT2D eigenvalue weighted by molar-refractivity contribution is 5.83. The first-order valence-electron chi connectivity index (χ1n) is 8.12. The minimum atomic E-state index is 0.360. The van der Waals surface area contributed by atoms with Gasteiger partial charge in [-0.05, 0) is 47.2 Å². The van der Waals surface area contributed by atoms with E-state index in [2.05, 4.69) is 61.2 Å². The van der Waals surface area contributed by atoms with Crippen LogP contribution >= 0.6 is 0 Å². The van der Waals surface area contributed by atoms with Crippen LogP contribution in [0.1, 0.15) is 31.9 Å². The van der Waals surface area contributed by atoms with Crippen molar-refractivity contribution in [3.05, 3.63) is 48.0 Å². The molecule has 2 heteroatoms. The van der Waals surface area contributed by atoms with Gasteiger partial charge < -0.3 is 5.73 Å². The summed E-state index contributed by atoms with van der Waals surface area (Å²) in [5.74, 6) is 1.59. The average molecular weight is 282 g/mol. The summed E-state index contributed by atoms with van der Waals surface area (Å²) in [6.07, 6.45) is 1.31. The minimum absolute atomic E-state index is 0.360. The van der Waals surface area contributed by atoms with Crippen molar-refractivity contribution < 1.29 is 0 Å². The number of hydrogen-bond donors (Lipinski definition) is 1. The molecule has 21 heavy (non-hydrogen) atoms. The highest BCUT2D eigenvalue weighted by atomic mass is 15.2. The molecule has 1 saturated heterocycles. The number of rotatable bonds is 4. The van der Waals surface area contributed by atoms with Crippen molar-refractivity contribution in [3.8, 4) is 0 Å². The number of hydrogen-bond acceptors (Lipinski definition) is 2. The summed E-state index contributed by atoms with van der Waals surface area (Å²) in [6, 6.07) is 15.7. The SMILES string of the molecule is CC(C)C1CCN(C(CN)c2ccc3ccccc3c2)C1. The van der Waals surface area contributed by atoms with Crippen LogP contribution in [0.2, 0.25) is 0 Å². The Balaban J connectivity index is 1.85. The molecule has 3 rings (SSSR count). The molecule has 0 bridgehead atoms. The molecule has 2 aromatic rings. The largest absolute Gasteiger partial charge is 0.329 e. The Labute approximate surface area is 127 Å². The maximum Gasteiger partial charge on any atom is 0.0470 e. The standard InChI is InChI=1S/C19H26N2/c1-14(2)18-9-10-21(13-18)19(12-20)17-8-7-15-5-3-4-6-16(15)11-17/h3-8,11,14,18-19H,9-10,12-13,20H2,1-2H3. The van der Waals surface area contributed by atoms with Crippen molar-refractivity contribution in [1.82, 2.24) is 4.90 Å². The minimum Gasteiger partial charge on any atom is -0.329 e. The summed E-state index contributed by atoms with van der Waals surface area (Å²) in [4.78, 5) is 2.58. The number of nitrogens with zero attached hydrogens (tertiary/aromatic N) is 1. The zero-order chi connectivity index (χ0) is 14.8. The van der Waals surface area contributed by atoms with E-state index in [0.29, 0.717) is 12.6 Å². The fraction of sp³-hybridized carbons (Fsp3) is 0.474. The third-order valence-corrected chi connectivity index (χ3v) is 5.02. The maximum atomic E-state index is 6.11. The van der Waals surface area contributed by atoms with Crippen molar-refractivity contribution in [2.75, 3.05) is 19.6 Å². The molecule has 0 radical (unpaired) electrons. The molecule has 1 heterocycles. The van der Waals surface area contributed by atoms with E-state index in [1.807, 2.05) is 0 Å². The maximum absolute atomic E-state index is 6.11. The van der Waals surface area contributed by atoms with Crippen LogP contribution in [0, 0.1) is 11.8 Å². The molecule has 2 unspecified atom stereocenters. The van der Waals surface area contributed by atoms with Crippen LogP contribution in [0.15, 0.2) is 42.5 Å². The second kappa shape index (κ2) is 6.17. The molecule has 112 valence electrons. The Hall–Kier alpha value is -1.38. The molecule has 2 N–H and O–H groups in total. The zero-order valence-corrected chi connectivity index (χ0v) is 13.1. The summed E-state index contributed by atoms with van der Waals surface area (Å²) in [6.45, 7) is 7.73. The van der Waals surface area contributed by atoms with Gasteiger partial charge in [0, 0.05) is 19.1 Å². The Kier molecular flexibility index (Phi) is 4.27. The second-order valence-electron chi connectivity index (χ2n) is 6.65. The monoisotopic (exact) mass is 282 g/mol. The molecule has 2 atom stereocenters. The van der Waals surface area contributed by atoms with Gasteiger partial charge in [0.2, 0.25) is 0 Å². The van der Waals surface area contributed by atoms with Crippen LogP contribution in [-0.2, 0) is 0 Å². The second-order valence-corrected chi connectivity index (χ2v) is 6.65. The molecular weight excluding hydrogens is 256 g/mol. The van der Waals surface area contributed by atoms with Gasteiger partial charge in [-0.3, -0.25) is 4.90 Å². The van der Waals surface area contributed by atoms with Crippen molar-refractivity contribution in [2.45, 2.75) is 26.3 Å². The van der Waals surface area contributed by atoms with Gasteiger partial charge in [-0.1, -0.05) is 50.2 Å². The summed E-state index contributed by atoms with van der Waals surface area (Å²) in [5.41, 5.74) is 7.47. The summed E-state index contributed by atoms with van der Waals surface area (Å²) < 4.78 is 0. The highest BCUT2D eigenvalue weighted by Gasteiger charge is 2.29. The molecule has 0 spiro atoms. The lowest BCUT2D eigenvalue weighted by atomic mass is 9.95. The summed E-state index contributed by atoms with van der Waals surface area (Å²) in [7, 11) is 0. The first kappa shape index (κ1) is 14.6. The molecule has 1 fully saturated rings. The van der Waals surface area contributed by atoms with Crippen LogP contribution in [0.5, 0.6) is 0 Å². The van der Waals surface area contributed by atoms with E-state index in [4.69, 9.17) is 5.73 Å².